The number of halogens is 1. The molecule has 0 aliphatic rings. The van der Waals surface area contributed by atoms with Crippen LogP contribution in [0.1, 0.15) is 41.5 Å². The van der Waals surface area contributed by atoms with Gasteiger partial charge in [0.05, 0.1) is 0 Å². The predicted octanol–water partition coefficient (Wildman–Crippen LogP) is 4.07. The Hall–Kier alpha value is -3.02. The fraction of sp³-hybridized carbons (Fsp3) is 0.211. The first-order valence-electron chi connectivity index (χ1n) is 8.04. The van der Waals surface area contributed by atoms with Gasteiger partial charge in [-0.05, 0) is 48.7 Å². The molecule has 0 saturated heterocycles. The highest BCUT2D eigenvalue weighted by molar-refractivity contribution is 5.94. The minimum atomic E-state index is -0.336. The molecule has 1 unspecified atom stereocenters. The lowest BCUT2D eigenvalue weighted by atomic mass is 10.0. The Morgan fingerprint density at radius 2 is 1.96 bits per heavy atom. The number of nitrogens with zero attached hydrogens (tertiary/aromatic N) is 2. The van der Waals surface area contributed by atoms with Crippen LogP contribution in [0.3, 0.4) is 0 Å². The van der Waals surface area contributed by atoms with Crippen LogP contribution in [0.25, 0.3) is 11.1 Å². The summed E-state index contributed by atoms with van der Waals surface area (Å²) in [5.41, 5.74) is 2.12. The van der Waals surface area contributed by atoms with Gasteiger partial charge in [0.2, 0.25) is 5.89 Å². The first kappa shape index (κ1) is 16.8. The summed E-state index contributed by atoms with van der Waals surface area (Å²) in [5.74, 6) is 0.403. The molecule has 0 aliphatic carbocycles. The van der Waals surface area contributed by atoms with Gasteiger partial charge < -0.3 is 9.84 Å². The highest BCUT2D eigenvalue weighted by Crippen LogP contribution is 2.21. The van der Waals surface area contributed by atoms with E-state index >= 15 is 0 Å². The van der Waals surface area contributed by atoms with Gasteiger partial charge in [0.1, 0.15) is 11.9 Å². The van der Waals surface area contributed by atoms with E-state index in [1.807, 2.05) is 13.0 Å². The van der Waals surface area contributed by atoms with Gasteiger partial charge in [0.25, 0.3) is 5.91 Å². The predicted molar refractivity (Wildman–Crippen MR) is 91.4 cm³/mol. The van der Waals surface area contributed by atoms with Crippen LogP contribution in [0.4, 0.5) is 4.39 Å². The van der Waals surface area contributed by atoms with Crippen molar-refractivity contribution in [1.82, 2.24) is 15.5 Å². The highest BCUT2D eigenvalue weighted by Gasteiger charge is 2.19. The molecule has 0 spiro atoms. The minimum absolute atomic E-state index is 0.228. The fourth-order valence-electron chi connectivity index (χ4n) is 2.52. The van der Waals surface area contributed by atoms with E-state index < -0.39 is 0 Å². The summed E-state index contributed by atoms with van der Waals surface area (Å²) in [6.07, 6.45) is 0.634. The average Bonchev–Trinajstić information content (AvgIpc) is 3.06. The van der Waals surface area contributed by atoms with E-state index in [2.05, 4.69) is 15.5 Å². The van der Waals surface area contributed by atoms with E-state index in [4.69, 9.17) is 4.52 Å². The molecule has 1 N–H and O–H groups in total. The second-order valence-electron chi connectivity index (χ2n) is 5.70. The van der Waals surface area contributed by atoms with Crippen LogP contribution in [0.15, 0.2) is 53.1 Å². The van der Waals surface area contributed by atoms with Gasteiger partial charge in [0.15, 0.2) is 5.82 Å². The lowest BCUT2D eigenvalue weighted by Crippen LogP contribution is -2.28. The lowest BCUT2D eigenvalue weighted by Gasteiger charge is -2.13. The second kappa shape index (κ2) is 7.25. The van der Waals surface area contributed by atoms with Gasteiger partial charge in [-0.2, -0.15) is 4.98 Å². The first-order valence-corrected chi connectivity index (χ1v) is 8.04. The summed E-state index contributed by atoms with van der Waals surface area (Å²) in [6, 6.07) is 13.0. The maximum Gasteiger partial charge on any atom is 0.251 e. The van der Waals surface area contributed by atoms with Crippen LogP contribution in [-0.2, 0) is 0 Å². The van der Waals surface area contributed by atoms with E-state index in [-0.39, 0.29) is 17.8 Å². The molecule has 128 valence electrons. The van der Waals surface area contributed by atoms with Crippen LogP contribution >= 0.6 is 0 Å². The normalized spacial score (nSPS) is 12.0. The molecule has 1 amide bonds. The van der Waals surface area contributed by atoms with Crippen molar-refractivity contribution in [2.75, 3.05) is 0 Å². The number of aromatic nitrogens is 2. The van der Waals surface area contributed by atoms with Crippen molar-refractivity contribution < 1.29 is 13.7 Å². The second-order valence-corrected chi connectivity index (χ2v) is 5.70. The molecule has 1 heterocycles. The molecule has 1 aromatic heterocycles. The molecular formula is C19H18FN3O2. The Balaban J connectivity index is 1.74. The van der Waals surface area contributed by atoms with E-state index in [1.54, 1.807) is 37.3 Å². The number of amides is 1. The zero-order chi connectivity index (χ0) is 17.8. The van der Waals surface area contributed by atoms with Gasteiger partial charge in [0, 0.05) is 5.56 Å². The fourth-order valence-corrected chi connectivity index (χ4v) is 2.52. The summed E-state index contributed by atoms with van der Waals surface area (Å²) in [5, 5.41) is 6.64. The van der Waals surface area contributed by atoms with Gasteiger partial charge >= 0.3 is 0 Å². The Kier molecular flexibility index (Phi) is 4.88. The molecule has 6 heteroatoms. The van der Waals surface area contributed by atoms with E-state index in [9.17, 15) is 9.18 Å². The molecule has 3 rings (SSSR count). The largest absolute Gasteiger partial charge is 0.340 e. The standard InChI is InChI=1S/C19H18FN3O2/c1-3-17(19-21-12(2)23-25-19)22-18(24)14-9-7-13(8-10-14)15-5-4-6-16(20)11-15/h4-11,17H,3H2,1-2H3,(H,22,24). The summed E-state index contributed by atoms with van der Waals surface area (Å²) in [6.45, 7) is 3.66. The lowest BCUT2D eigenvalue weighted by molar-refractivity contribution is 0.0927. The zero-order valence-corrected chi connectivity index (χ0v) is 14.0. The summed E-state index contributed by atoms with van der Waals surface area (Å²) >= 11 is 0. The van der Waals surface area contributed by atoms with Crippen molar-refractivity contribution in [2.24, 2.45) is 0 Å². The Morgan fingerprint density at radius 1 is 1.20 bits per heavy atom. The summed E-state index contributed by atoms with van der Waals surface area (Å²) < 4.78 is 18.5. The zero-order valence-electron chi connectivity index (χ0n) is 14.0. The number of benzene rings is 2. The number of carbonyl (C=O) groups excluding carboxylic acids is 1. The number of nitrogens with one attached hydrogen (secondary N) is 1. The maximum absolute atomic E-state index is 13.3. The number of hydrogen-bond donors (Lipinski definition) is 1. The number of hydrogen-bond acceptors (Lipinski definition) is 4. The molecule has 0 bridgehead atoms. The van der Waals surface area contributed by atoms with Crippen LogP contribution in [0, 0.1) is 12.7 Å². The first-order chi connectivity index (χ1) is 12.1. The van der Waals surface area contributed by atoms with Gasteiger partial charge in [-0.3, -0.25) is 4.79 Å². The third-order valence-electron chi connectivity index (χ3n) is 3.86. The monoisotopic (exact) mass is 339 g/mol. The van der Waals surface area contributed by atoms with Crippen LogP contribution in [0.5, 0.6) is 0 Å². The highest BCUT2D eigenvalue weighted by atomic mass is 19.1. The molecule has 0 saturated carbocycles. The van der Waals surface area contributed by atoms with Gasteiger partial charge in [-0.25, -0.2) is 4.39 Å². The molecule has 25 heavy (non-hydrogen) atoms. The van der Waals surface area contributed by atoms with Crippen molar-refractivity contribution >= 4 is 5.91 Å². The Morgan fingerprint density at radius 3 is 2.56 bits per heavy atom. The van der Waals surface area contributed by atoms with Gasteiger partial charge in [-0.15, -0.1) is 0 Å². The SMILES string of the molecule is CCC(NC(=O)c1ccc(-c2cccc(F)c2)cc1)c1nc(C)no1. The maximum atomic E-state index is 13.3. The van der Waals surface area contributed by atoms with Crippen molar-refractivity contribution in [2.45, 2.75) is 26.3 Å². The van der Waals surface area contributed by atoms with E-state index in [0.29, 0.717) is 23.7 Å². The van der Waals surface area contributed by atoms with Crippen LogP contribution in [-0.4, -0.2) is 16.0 Å². The Bertz CT molecular complexity index is 874. The smallest absolute Gasteiger partial charge is 0.251 e. The molecule has 0 fully saturated rings. The summed E-state index contributed by atoms with van der Waals surface area (Å²) in [7, 11) is 0. The number of carbonyl (C=O) groups is 1. The van der Waals surface area contributed by atoms with Crippen molar-refractivity contribution in [1.29, 1.82) is 0 Å². The topological polar surface area (TPSA) is 68.0 Å². The third-order valence-corrected chi connectivity index (χ3v) is 3.86. The molecule has 0 radical (unpaired) electrons. The molecule has 0 aliphatic heterocycles. The summed E-state index contributed by atoms with van der Waals surface area (Å²) in [4.78, 5) is 16.6. The molecule has 3 aromatic rings. The molecular weight excluding hydrogens is 321 g/mol. The minimum Gasteiger partial charge on any atom is -0.340 e. The van der Waals surface area contributed by atoms with Crippen LogP contribution < -0.4 is 5.32 Å². The van der Waals surface area contributed by atoms with E-state index in [0.717, 1.165) is 11.1 Å². The van der Waals surface area contributed by atoms with Crippen molar-refractivity contribution in [3.05, 3.63) is 71.6 Å². The third kappa shape index (κ3) is 3.91. The van der Waals surface area contributed by atoms with Crippen molar-refractivity contribution in [3.63, 3.8) is 0 Å². The Labute approximate surface area is 144 Å². The van der Waals surface area contributed by atoms with Gasteiger partial charge in [-0.1, -0.05) is 36.3 Å². The molecule has 2 aromatic carbocycles. The quantitative estimate of drug-likeness (QED) is 0.761. The number of rotatable bonds is 5. The average molecular weight is 339 g/mol. The van der Waals surface area contributed by atoms with Crippen molar-refractivity contribution in [3.8, 4) is 11.1 Å². The number of aryl methyl sites for hydroxylation is 1. The molecule has 5 nitrogen and oxygen atoms in total. The molecule has 1 atom stereocenters. The van der Waals surface area contributed by atoms with Crippen LogP contribution in [0.2, 0.25) is 0 Å². The van der Waals surface area contributed by atoms with E-state index in [1.165, 1.54) is 12.1 Å².